The summed E-state index contributed by atoms with van der Waals surface area (Å²) in [5.41, 5.74) is 6.97. The number of nitrogens with one attached hydrogen (secondary N) is 1. The number of rotatable bonds is 6. The summed E-state index contributed by atoms with van der Waals surface area (Å²) < 4.78 is 1.67. The van der Waals surface area contributed by atoms with E-state index in [2.05, 4.69) is 73.9 Å². The summed E-state index contributed by atoms with van der Waals surface area (Å²) in [7, 11) is 0. The minimum absolute atomic E-state index is 0.0559. The predicted molar refractivity (Wildman–Crippen MR) is 144 cm³/mol. The molecule has 184 valence electrons. The molecule has 1 N–H and O–H groups in total. The Labute approximate surface area is 208 Å². The Morgan fingerprint density at radius 1 is 1.34 bits per heavy atom. The molecule has 3 aliphatic rings. The highest BCUT2D eigenvalue weighted by atomic mass is 16.1. The van der Waals surface area contributed by atoms with E-state index in [0.29, 0.717) is 29.2 Å². The number of nitrogens with zero attached hydrogens (tertiary/aromatic N) is 4. The molecule has 2 aliphatic heterocycles. The summed E-state index contributed by atoms with van der Waals surface area (Å²) in [5, 5.41) is 3.47. The third kappa shape index (κ3) is 4.85. The van der Waals surface area contributed by atoms with Gasteiger partial charge in [0.25, 0.3) is 5.56 Å². The molecule has 6 heteroatoms. The van der Waals surface area contributed by atoms with Crippen LogP contribution in [0.4, 0.5) is 5.69 Å². The van der Waals surface area contributed by atoms with Crippen LogP contribution in [0.25, 0.3) is 11.2 Å². The highest BCUT2D eigenvalue weighted by Crippen LogP contribution is 2.44. The topological polar surface area (TPSA) is 52.9 Å². The van der Waals surface area contributed by atoms with E-state index < -0.39 is 0 Å². The van der Waals surface area contributed by atoms with Crippen molar-refractivity contribution in [1.82, 2.24) is 19.6 Å². The molecule has 1 saturated heterocycles. The molecule has 2 fully saturated rings. The zero-order valence-corrected chi connectivity index (χ0v) is 21.4. The predicted octanol–water partition coefficient (Wildman–Crippen LogP) is 4.95. The number of pyridine rings is 1. The van der Waals surface area contributed by atoms with E-state index in [1.165, 1.54) is 24.0 Å². The van der Waals surface area contributed by atoms with Crippen LogP contribution >= 0.6 is 0 Å². The summed E-state index contributed by atoms with van der Waals surface area (Å²) in [6.45, 7) is 16.0. The summed E-state index contributed by atoms with van der Waals surface area (Å²) in [6, 6.07) is 6.14. The Morgan fingerprint density at radius 3 is 2.86 bits per heavy atom. The molecule has 0 spiro atoms. The standard InChI is InChI=1S/C29H37N5O/c1-6-19(2)20(3)15-33-17-24(13-26(22(33)5)23-7-8-23)27-14-29(35)34-18-25(9-10-28(34)31-27)32-12-11-30-21(4)16-32/h9-10,13-15,17-19,21,23,30H,5-8,11-12,16H2,1-4H3/b20-15-/t19?,21-/m1/s1. The van der Waals surface area contributed by atoms with Gasteiger partial charge < -0.3 is 15.1 Å². The third-order valence-electron chi connectivity index (χ3n) is 7.66. The molecule has 5 rings (SSSR count). The van der Waals surface area contributed by atoms with Gasteiger partial charge in [-0.3, -0.25) is 9.20 Å². The maximum atomic E-state index is 13.2. The van der Waals surface area contributed by atoms with Crippen LogP contribution in [0.15, 0.2) is 71.1 Å². The van der Waals surface area contributed by atoms with Crippen molar-refractivity contribution in [2.45, 2.75) is 53.0 Å². The fraction of sp³-hybridized carbons (Fsp3) is 0.448. The molecule has 1 unspecified atom stereocenters. The van der Waals surface area contributed by atoms with Crippen LogP contribution in [0.1, 0.15) is 52.7 Å². The first-order valence-corrected chi connectivity index (χ1v) is 13.0. The number of hydrogen-bond acceptors (Lipinski definition) is 5. The van der Waals surface area contributed by atoms with Crippen LogP contribution in [0.2, 0.25) is 0 Å². The first-order chi connectivity index (χ1) is 16.8. The van der Waals surface area contributed by atoms with E-state index in [4.69, 9.17) is 4.98 Å². The number of hydrogen-bond donors (Lipinski definition) is 1. The number of piperazine rings is 1. The molecule has 0 amide bonds. The smallest absolute Gasteiger partial charge is 0.258 e. The Hall–Kier alpha value is -3.12. The second-order valence-corrected chi connectivity index (χ2v) is 10.4. The summed E-state index contributed by atoms with van der Waals surface area (Å²) >= 11 is 0. The zero-order chi connectivity index (χ0) is 24.7. The van der Waals surface area contributed by atoms with E-state index in [1.807, 2.05) is 12.3 Å². The molecule has 0 bridgehead atoms. The summed E-state index contributed by atoms with van der Waals surface area (Å²) in [5.74, 6) is 1.06. The van der Waals surface area contributed by atoms with Gasteiger partial charge in [0.1, 0.15) is 5.65 Å². The van der Waals surface area contributed by atoms with E-state index in [-0.39, 0.29) is 5.56 Å². The average Bonchev–Trinajstić information content (AvgIpc) is 3.70. The van der Waals surface area contributed by atoms with Gasteiger partial charge >= 0.3 is 0 Å². The monoisotopic (exact) mass is 471 g/mol. The molecule has 0 aromatic carbocycles. The number of aromatic nitrogens is 2. The van der Waals surface area contributed by atoms with Crippen molar-refractivity contribution in [3.8, 4) is 0 Å². The molecule has 1 saturated carbocycles. The van der Waals surface area contributed by atoms with Crippen molar-refractivity contribution in [3.05, 3.63) is 82.3 Å². The van der Waals surface area contributed by atoms with Gasteiger partial charge in [0.05, 0.1) is 11.4 Å². The third-order valence-corrected chi connectivity index (χ3v) is 7.66. The average molecular weight is 472 g/mol. The van der Waals surface area contributed by atoms with Crippen molar-refractivity contribution < 1.29 is 0 Å². The molecule has 6 nitrogen and oxygen atoms in total. The second kappa shape index (κ2) is 9.50. The molecule has 35 heavy (non-hydrogen) atoms. The Kier molecular flexibility index (Phi) is 6.41. The van der Waals surface area contributed by atoms with E-state index in [0.717, 1.165) is 43.0 Å². The maximum Gasteiger partial charge on any atom is 0.258 e. The number of fused-ring (bicyclic) bond motifs is 1. The fourth-order valence-corrected chi connectivity index (χ4v) is 4.93. The molecule has 1 aliphatic carbocycles. The van der Waals surface area contributed by atoms with Crippen LogP contribution in [0, 0.1) is 11.8 Å². The lowest BCUT2D eigenvalue weighted by molar-refractivity contribution is 0.484. The normalized spacial score (nSPS) is 22.3. The highest BCUT2D eigenvalue weighted by Gasteiger charge is 2.31. The van der Waals surface area contributed by atoms with Crippen molar-refractivity contribution >= 4 is 16.9 Å². The first kappa shape index (κ1) is 23.6. The minimum Gasteiger partial charge on any atom is -0.368 e. The molecular formula is C29H37N5O. The van der Waals surface area contributed by atoms with Gasteiger partial charge in [-0.15, -0.1) is 0 Å². The Morgan fingerprint density at radius 2 is 2.14 bits per heavy atom. The van der Waals surface area contributed by atoms with Crippen molar-refractivity contribution in [1.29, 1.82) is 0 Å². The van der Waals surface area contributed by atoms with E-state index >= 15 is 0 Å². The molecule has 0 radical (unpaired) electrons. The largest absolute Gasteiger partial charge is 0.368 e. The number of anilines is 1. The van der Waals surface area contributed by atoms with Crippen LogP contribution in [0.3, 0.4) is 0 Å². The van der Waals surface area contributed by atoms with Crippen LogP contribution in [0.5, 0.6) is 0 Å². The second-order valence-electron chi connectivity index (χ2n) is 10.4. The molecule has 2 atom stereocenters. The highest BCUT2D eigenvalue weighted by molar-refractivity contribution is 5.76. The van der Waals surface area contributed by atoms with Gasteiger partial charge in [0.15, 0.2) is 0 Å². The zero-order valence-electron chi connectivity index (χ0n) is 21.4. The van der Waals surface area contributed by atoms with Crippen molar-refractivity contribution in [2.75, 3.05) is 24.5 Å². The van der Waals surface area contributed by atoms with Gasteiger partial charge in [-0.25, -0.2) is 4.98 Å². The molecule has 2 aromatic rings. The van der Waals surface area contributed by atoms with Gasteiger partial charge in [-0.2, -0.15) is 0 Å². The maximum absolute atomic E-state index is 13.2. The minimum atomic E-state index is -0.0559. The van der Waals surface area contributed by atoms with Crippen LogP contribution in [-0.2, 0) is 0 Å². The SMILES string of the molecule is C=C1C(C2CC2)=CC(c2cc(=O)n3cc(N4CCN[C@H](C)C4)ccc3n2)=CN1/C=C(/C)C(C)CC. The lowest BCUT2D eigenvalue weighted by atomic mass is 9.97. The molecule has 2 aromatic heterocycles. The van der Waals surface area contributed by atoms with E-state index in [9.17, 15) is 4.79 Å². The van der Waals surface area contributed by atoms with Gasteiger partial charge in [-0.05, 0) is 68.7 Å². The summed E-state index contributed by atoms with van der Waals surface area (Å²) in [6.07, 6.45) is 11.9. The van der Waals surface area contributed by atoms with Gasteiger partial charge in [0, 0.05) is 61.6 Å². The van der Waals surface area contributed by atoms with Gasteiger partial charge in [0.2, 0.25) is 0 Å². The molecule has 4 heterocycles. The summed E-state index contributed by atoms with van der Waals surface area (Å²) in [4.78, 5) is 22.6. The Balaban J connectivity index is 1.52. The van der Waals surface area contributed by atoms with E-state index in [1.54, 1.807) is 10.5 Å². The van der Waals surface area contributed by atoms with Crippen molar-refractivity contribution in [2.24, 2.45) is 11.8 Å². The van der Waals surface area contributed by atoms with Gasteiger partial charge in [-0.1, -0.05) is 26.0 Å². The first-order valence-electron chi connectivity index (χ1n) is 13.0. The number of allylic oxidation sites excluding steroid dienone is 4. The van der Waals surface area contributed by atoms with Crippen LogP contribution < -0.4 is 15.8 Å². The van der Waals surface area contributed by atoms with Crippen LogP contribution in [-0.4, -0.2) is 40.0 Å². The Bertz CT molecular complexity index is 1300. The lowest BCUT2D eigenvalue weighted by Crippen LogP contribution is -2.49. The molecular weight excluding hydrogens is 434 g/mol. The fourth-order valence-electron chi connectivity index (χ4n) is 4.93. The lowest BCUT2D eigenvalue weighted by Gasteiger charge is -2.33. The quantitative estimate of drug-likeness (QED) is 0.646. The van der Waals surface area contributed by atoms with Crippen molar-refractivity contribution in [3.63, 3.8) is 0 Å².